The van der Waals surface area contributed by atoms with E-state index in [2.05, 4.69) is 20.2 Å². The second-order valence-electron chi connectivity index (χ2n) is 6.96. The summed E-state index contributed by atoms with van der Waals surface area (Å²) in [6.45, 7) is 9.83. The van der Waals surface area contributed by atoms with Gasteiger partial charge in [-0.3, -0.25) is 0 Å². The summed E-state index contributed by atoms with van der Waals surface area (Å²) in [7, 11) is 0. The molecule has 0 unspecified atom stereocenters. The van der Waals surface area contributed by atoms with E-state index in [9.17, 15) is 4.79 Å². The van der Waals surface area contributed by atoms with E-state index in [1.54, 1.807) is 6.20 Å². The highest BCUT2D eigenvalue weighted by Gasteiger charge is 2.23. The smallest absolute Gasteiger partial charge is 0.407 e. The van der Waals surface area contributed by atoms with Crippen molar-refractivity contribution in [2.45, 2.75) is 46.1 Å². The molecular formula is C16H25ClN4O2. The lowest BCUT2D eigenvalue weighted by molar-refractivity contribution is 0.0517. The summed E-state index contributed by atoms with van der Waals surface area (Å²) in [5, 5.41) is 3.35. The molecule has 2 rings (SSSR count). The monoisotopic (exact) mass is 340 g/mol. The van der Waals surface area contributed by atoms with Crippen LogP contribution in [0.15, 0.2) is 6.20 Å². The van der Waals surface area contributed by atoms with E-state index >= 15 is 0 Å². The van der Waals surface area contributed by atoms with Gasteiger partial charge in [0.05, 0.1) is 0 Å². The molecule has 1 saturated heterocycles. The molecule has 128 valence electrons. The largest absolute Gasteiger partial charge is 0.444 e. The quantitative estimate of drug-likeness (QED) is 0.856. The van der Waals surface area contributed by atoms with Crippen LogP contribution in [0.25, 0.3) is 0 Å². The fourth-order valence-electron chi connectivity index (χ4n) is 2.44. The topological polar surface area (TPSA) is 67.4 Å². The number of nitrogens with zero attached hydrogens (tertiary/aromatic N) is 3. The third-order valence-electron chi connectivity index (χ3n) is 3.73. The van der Waals surface area contributed by atoms with Crippen LogP contribution in [-0.4, -0.2) is 41.3 Å². The van der Waals surface area contributed by atoms with Gasteiger partial charge in [0.1, 0.15) is 10.8 Å². The molecule has 0 aliphatic carbocycles. The molecule has 0 atom stereocenters. The predicted molar refractivity (Wildman–Crippen MR) is 91.0 cm³/mol. The lowest BCUT2D eigenvalue weighted by Crippen LogP contribution is -2.40. The summed E-state index contributed by atoms with van der Waals surface area (Å²) in [6.07, 6.45) is 3.35. The second-order valence-corrected chi connectivity index (χ2v) is 7.32. The Labute approximate surface area is 142 Å². The zero-order chi connectivity index (χ0) is 17.0. The average molecular weight is 341 g/mol. The van der Waals surface area contributed by atoms with Crippen molar-refractivity contribution in [1.29, 1.82) is 0 Å². The summed E-state index contributed by atoms with van der Waals surface area (Å²) in [4.78, 5) is 22.5. The van der Waals surface area contributed by atoms with E-state index in [0.717, 1.165) is 31.5 Å². The highest BCUT2D eigenvalue weighted by molar-refractivity contribution is 6.30. The third kappa shape index (κ3) is 5.53. The van der Waals surface area contributed by atoms with E-state index in [0.29, 0.717) is 23.6 Å². The maximum Gasteiger partial charge on any atom is 0.407 e. The number of aryl methyl sites for hydroxylation is 1. The Bertz CT molecular complexity index is 552. The number of rotatable bonds is 3. The van der Waals surface area contributed by atoms with Gasteiger partial charge in [0.2, 0.25) is 5.95 Å². The molecule has 23 heavy (non-hydrogen) atoms. The molecule has 1 fully saturated rings. The van der Waals surface area contributed by atoms with E-state index in [1.165, 1.54) is 0 Å². The van der Waals surface area contributed by atoms with E-state index < -0.39 is 5.60 Å². The zero-order valence-electron chi connectivity index (χ0n) is 14.2. The number of piperidine rings is 1. The number of carbonyl (C=O) groups excluding carboxylic acids is 1. The predicted octanol–water partition coefficient (Wildman–Crippen LogP) is 3.18. The summed E-state index contributed by atoms with van der Waals surface area (Å²) in [5.41, 5.74) is 0.419. The third-order valence-corrected chi connectivity index (χ3v) is 4.11. The van der Waals surface area contributed by atoms with E-state index in [-0.39, 0.29) is 6.09 Å². The molecule has 1 aromatic heterocycles. The summed E-state index contributed by atoms with van der Waals surface area (Å²) in [6, 6.07) is 0. The van der Waals surface area contributed by atoms with Gasteiger partial charge in [-0.2, -0.15) is 0 Å². The summed E-state index contributed by atoms with van der Waals surface area (Å²) in [5.74, 6) is 1.12. The van der Waals surface area contributed by atoms with Crippen molar-refractivity contribution in [3.63, 3.8) is 0 Å². The molecule has 1 aliphatic heterocycles. The molecule has 1 aromatic rings. The van der Waals surface area contributed by atoms with Gasteiger partial charge >= 0.3 is 6.09 Å². The number of nitrogens with one attached hydrogen (secondary N) is 1. The number of hydrogen-bond donors (Lipinski definition) is 1. The molecule has 0 aromatic carbocycles. The fourth-order valence-corrected chi connectivity index (χ4v) is 2.57. The minimum Gasteiger partial charge on any atom is -0.444 e. The number of ether oxygens (including phenoxy) is 1. The Morgan fingerprint density at radius 2 is 2.09 bits per heavy atom. The number of aromatic nitrogens is 2. The number of hydrogen-bond acceptors (Lipinski definition) is 5. The summed E-state index contributed by atoms with van der Waals surface area (Å²) >= 11 is 6.06. The molecule has 0 saturated carbocycles. The van der Waals surface area contributed by atoms with Gasteiger partial charge in [-0.1, -0.05) is 11.6 Å². The van der Waals surface area contributed by atoms with Crippen molar-refractivity contribution in [3.8, 4) is 0 Å². The normalized spacial score (nSPS) is 16.3. The van der Waals surface area contributed by atoms with Crippen LogP contribution in [0.2, 0.25) is 5.15 Å². The van der Waals surface area contributed by atoms with E-state index in [4.69, 9.17) is 16.3 Å². The van der Waals surface area contributed by atoms with Gasteiger partial charge < -0.3 is 15.0 Å². The fraction of sp³-hybridized carbons (Fsp3) is 0.688. The number of anilines is 1. The van der Waals surface area contributed by atoms with Gasteiger partial charge in [0.15, 0.2) is 0 Å². The molecule has 7 heteroatoms. The first-order valence-electron chi connectivity index (χ1n) is 7.95. The van der Waals surface area contributed by atoms with Crippen LogP contribution in [0.5, 0.6) is 0 Å². The zero-order valence-corrected chi connectivity index (χ0v) is 15.0. The number of alkyl carbamates (subject to hydrolysis) is 1. The van der Waals surface area contributed by atoms with Crippen LogP contribution >= 0.6 is 11.6 Å². The van der Waals surface area contributed by atoms with Crippen LogP contribution in [0, 0.1) is 12.8 Å². The van der Waals surface area contributed by atoms with Crippen LogP contribution in [0.3, 0.4) is 0 Å². The van der Waals surface area contributed by atoms with Gasteiger partial charge in [0.25, 0.3) is 0 Å². The van der Waals surface area contributed by atoms with Crippen LogP contribution in [-0.2, 0) is 4.74 Å². The molecule has 1 amide bonds. The number of halogens is 1. The molecule has 0 spiro atoms. The molecular weight excluding hydrogens is 316 g/mol. The Hall–Kier alpha value is -1.56. The molecule has 2 heterocycles. The van der Waals surface area contributed by atoms with E-state index in [1.807, 2.05) is 27.7 Å². The molecule has 1 aliphatic rings. The Balaban J connectivity index is 1.77. The van der Waals surface area contributed by atoms with Crippen molar-refractivity contribution >= 4 is 23.6 Å². The van der Waals surface area contributed by atoms with Crippen LogP contribution in [0.4, 0.5) is 10.7 Å². The highest BCUT2D eigenvalue weighted by atomic mass is 35.5. The first kappa shape index (κ1) is 17.8. The standard InChI is InChI=1S/C16H25ClN4O2/c1-11-9-18-14(20-13(11)17)21-7-5-12(6-8-21)10-19-15(22)23-16(2,3)4/h9,12H,5-8,10H2,1-4H3,(H,19,22). The molecule has 1 N–H and O–H groups in total. The van der Waals surface area contributed by atoms with Crippen molar-refractivity contribution in [1.82, 2.24) is 15.3 Å². The lowest BCUT2D eigenvalue weighted by Gasteiger charge is -2.32. The number of carbonyl (C=O) groups is 1. The Kier molecular flexibility index (Phi) is 5.68. The molecule has 0 bridgehead atoms. The minimum atomic E-state index is -0.463. The SMILES string of the molecule is Cc1cnc(N2CCC(CNC(=O)OC(C)(C)C)CC2)nc1Cl. The highest BCUT2D eigenvalue weighted by Crippen LogP contribution is 2.22. The van der Waals surface area contributed by atoms with Gasteiger partial charge in [-0.25, -0.2) is 14.8 Å². The van der Waals surface area contributed by atoms with Gasteiger partial charge in [-0.15, -0.1) is 0 Å². The Morgan fingerprint density at radius 1 is 1.43 bits per heavy atom. The molecule has 6 nitrogen and oxygen atoms in total. The van der Waals surface area contributed by atoms with Gasteiger partial charge in [0, 0.05) is 31.4 Å². The lowest BCUT2D eigenvalue weighted by atomic mass is 9.97. The second kappa shape index (κ2) is 7.34. The maximum atomic E-state index is 11.7. The first-order chi connectivity index (χ1) is 10.7. The first-order valence-corrected chi connectivity index (χ1v) is 8.33. The van der Waals surface area contributed by atoms with Gasteiger partial charge in [-0.05, 0) is 46.5 Å². The van der Waals surface area contributed by atoms with Crippen LogP contribution in [0.1, 0.15) is 39.2 Å². The minimum absolute atomic E-state index is 0.353. The maximum absolute atomic E-state index is 11.7. The van der Waals surface area contributed by atoms with Crippen molar-refractivity contribution in [2.24, 2.45) is 5.92 Å². The summed E-state index contributed by atoms with van der Waals surface area (Å²) < 4.78 is 5.25. The molecule has 0 radical (unpaired) electrons. The number of amides is 1. The van der Waals surface area contributed by atoms with Crippen molar-refractivity contribution in [3.05, 3.63) is 16.9 Å². The van der Waals surface area contributed by atoms with Crippen LogP contribution < -0.4 is 10.2 Å². The van der Waals surface area contributed by atoms with Crippen molar-refractivity contribution in [2.75, 3.05) is 24.5 Å². The average Bonchev–Trinajstić information content (AvgIpc) is 2.47. The van der Waals surface area contributed by atoms with Crippen molar-refractivity contribution < 1.29 is 9.53 Å². The Morgan fingerprint density at radius 3 is 2.65 bits per heavy atom.